The van der Waals surface area contributed by atoms with E-state index >= 15 is 0 Å². The fraction of sp³-hybridized carbons (Fsp3) is 0.917. The fourth-order valence-electron chi connectivity index (χ4n) is 1.97. The summed E-state index contributed by atoms with van der Waals surface area (Å²) in [6, 6.07) is 0. The molecular formula is C12H24N2O2. The van der Waals surface area contributed by atoms with Crippen molar-refractivity contribution < 1.29 is 9.53 Å². The standard InChI is InChI=1S/C12H24N2O2/c1-10(2)9-16-12(15)14-7-4-11(3-6-13)5-8-14/h10-11H,3-9,13H2,1-2H3. The van der Waals surface area contributed by atoms with Crippen LogP contribution in [0.4, 0.5) is 4.79 Å². The van der Waals surface area contributed by atoms with Gasteiger partial charge in [-0.1, -0.05) is 13.8 Å². The van der Waals surface area contributed by atoms with E-state index in [-0.39, 0.29) is 6.09 Å². The Balaban J connectivity index is 2.22. The van der Waals surface area contributed by atoms with Gasteiger partial charge >= 0.3 is 6.09 Å². The van der Waals surface area contributed by atoms with E-state index in [0.29, 0.717) is 18.4 Å². The molecule has 0 radical (unpaired) electrons. The number of nitrogens with two attached hydrogens (primary N) is 1. The van der Waals surface area contributed by atoms with Gasteiger partial charge in [0, 0.05) is 13.1 Å². The van der Waals surface area contributed by atoms with E-state index in [9.17, 15) is 4.79 Å². The van der Waals surface area contributed by atoms with E-state index in [1.165, 1.54) is 0 Å². The van der Waals surface area contributed by atoms with Crippen molar-refractivity contribution in [1.29, 1.82) is 0 Å². The number of carbonyl (C=O) groups is 1. The summed E-state index contributed by atoms with van der Waals surface area (Å²) in [5.41, 5.74) is 5.53. The number of ether oxygens (including phenoxy) is 1. The van der Waals surface area contributed by atoms with E-state index in [0.717, 1.165) is 38.9 Å². The lowest BCUT2D eigenvalue weighted by molar-refractivity contribution is 0.0785. The third kappa shape index (κ3) is 4.39. The molecule has 94 valence electrons. The molecule has 4 nitrogen and oxygen atoms in total. The summed E-state index contributed by atoms with van der Waals surface area (Å²) < 4.78 is 5.20. The summed E-state index contributed by atoms with van der Waals surface area (Å²) in [4.78, 5) is 13.5. The van der Waals surface area contributed by atoms with Crippen LogP contribution in [0.1, 0.15) is 33.1 Å². The Bertz CT molecular complexity index is 211. The van der Waals surface area contributed by atoms with Crippen molar-refractivity contribution in [3.63, 3.8) is 0 Å². The lowest BCUT2D eigenvalue weighted by Gasteiger charge is -2.31. The Labute approximate surface area is 98.1 Å². The molecule has 1 heterocycles. The van der Waals surface area contributed by atoms with E-state index in [1.807, 2.05) is 18.7 Å². The van der Waals surface area contributed by atoms with Gasteiger partial charge in [0.1, 0.15) is 0 Å². The molecule has 16 heavy (non-hydrogen) atoms. The van der Waals surface area contributed by atoms with Gasteiger partial charge < -0.3 is 15.4 Å². The number of carbonyl (C=O) groups excluding carboxylic acids is 1. The highest BCUT2D eigenvalue weighted by molar-refractivity contribution is 5.67. The Kier molecular flexibility index (Phi) is 5.60. The molecule has 0 bridgehead atoms. The minimum absolute atomic E-state index is 0.153. The summed E-state index contributed by atoms with van der Waals surface area (Å²) in [5, 5.41) is 0. The molecule has 0 atom stereocenters. The van der Waals surface area contributed by atoms with E-state index in [1.54, 1.807) is 0 Å². The van der Waals surface area contributed by atoms with Crippen LogP contribution in [0.2, 0.25) is 0 Å². The van der Waals surface area contributed by atoms with Crippen LogP contribution in [0.5, 0.6) is 0 Å². The fourth-order valence-corrected chi connectivity index (χ4v) is 1.97. The smallest absolute Gasteiger partial charge is 0.409 e. The van der Waals surface area contributed by atoms with Crippen molar-refractivity contribution in [1.82, 2.24) is 4.90 Å². The highest BCUT2D eigenvalue weighted by atomic mass is 16.6. The molecule has 1 rings (SSSR count). The zero-order chi connectivity index (χ0) is 12.0. The van der Waals surface area contributed by atoms with Crippen LogP contribution < -0.4 is 5.73 Å². The Morgan fingerprint density at radius 2 is 2.06 bits per heavy atom. The number of likely N-dealkylation sites (tertiary alicyclic amines) is 1. The van der Waals surface area contributed by atoms with Crippen LogP contribution in [-0.2, 0) is 4.74 Å². The summed E-state index contributed by atoms with van der Waals surface area (Å²) in [5.74, 6) is 1.10. The van der Waals surface area contributed by atoms with E-state index in [4.69, 9.17) is 10.5 Å². The first-order chi connectivity index (χ1) is 7.63. The maximum atomic E-state index is 11.6. The van der Waals surface area contributed by atoms with Crippen molar-refractivity contribution in [3.8, 4) is 0 Å². The summed E-state index contributed by atoms with van der Waals surface area (Å²) >= 11 is 0. The largest absolute Gasteiger partial charge is 0.449 e. The van der Waals surface area contributed by atoms with Crippen LogP contribution in [0, 0.1) is 11.8 Å². The predicted molar refractivity (Wildman–Crippen MR) is 64.2 cm³/mol. The average molecular weight is 228 g/mol. The SMILES string of the molecule is CC(C)COC(=O)N1CCC(CCN)CC1. The van der Waals surface area contributed by atoms with E-state index < -0.39 is 0 Å². The second kappa shape index (κ2) is 6.74. The average Bonchev–Trinajstić information content (AvgIpc) is 2.27. The van der Waals surface area contributed by atoms with Crippen molar-refractivity contribution in [2.45, 2.75) is 33.1 Å². The molecule has 1 aliphatic heterocycles. The predicted octanol–water partition coefficient (Wildman–Crippen LogP) is 1.84. The number of hydrogen-bond acceptors (Lipinski definition) is 3. The first-order valence-corrected chi connectivity index (χ1v) is 6.25. The zero-order valence-electron chi connectivity index (χ0n) is 10.4. The molecule has 2 N–H and O–H groups in total. The summed E-state index contributed by atoms with van der Waals surface area (Å²) in [7, 11) is 0. The van der Waals surface area contributed by atoms with Crippen molar-refractivity contribution in [2.24, 2.45) is 17.6 Å². The third-order valence-corrected chi connectivity index (χ3v) is 2.99. The van der Waals surface area contributed by atoms with Crippen LogP contribution >= 0.6 is 0 Å². The normalized spacial score (nSPS) is 17.9. The van der Waals surface area contributed by atoms with Gasteiger partial charge in [0.25, 0.3) is 0 Å². The molecule has 0 aliphatic carbocycles. The minimum Gasteiger partial charge on any atom is -0.449 e. The van der Waals surface area contributed by atoms with Gasteiger partial charge in [-0.2, -0.15) is 0 Å². The quantitative estimate of drug-likeness (QED) is 0.798. The maximum Gasteiger partial charge on any atom is 0.409 e. The molecule has 0 aromatic rings. The van der Waals surface area contributed by atoms with Gasteiger partial charge in [-0.3, -0.25) is 0 Å². The van der Waals surface area contributed by atoms with E-state index in [2.05, 4.69) is 0 Å². The molecule has 1 saturated heterocycles. The molecule has 1 aliphatic rings. The van der Waals surface area contributed by atoms with Crippen LogP contribution in [0.15, 0.2) is 0 Å². The zero-order valence-corrected chi connectivity index (χ0v) is 10.4. The van der Waals surface area contributed by atoms with Crippen LogP contribution in [0.25, 0.3) is 0 Å². The van der Waals surface area contributed by atoms with Crippen LogP contribution in [0.3, 0.4) is 0 Å². The highest BCUT2D eigenvalue weighted by Crippen LogP contribution is 2.20. The van der Waals surface area contributed by atoms with Gasteiger partial charge in [-0.25, -0.2) is 4.79 Å². The first kappa shape index (κ1) is 13.3. The highest BCUT2D eigenvalue weighted by Gasteiger charge is 2.23. The second-order valence-corrected chi connectivity index (χ2v) is 4.98. The first-order valence-electron chi connectivity index (χ1n) is 6.25. The Hall–Kier alpha value is -0.770. The molecule has 1 amide bonds. The second-order valence-electron chi connectivity index (χ2n) is 4.98. The molecule has 0 aromatic heterocycles. The molecule has 0 aromatic carbocycles. The van der Waals surface area contributed by atoms with Gasteiger partial charge in [0.2, 0.25) is 0 Å². The third-order valence-electron chi connectivity index (χ3n) is 2.99. The molecule has 0 saturated carbocycles. The topological polar surface area (TPSA) is 55.6 Å². The van der Waals surface area contributed by atoms with Crippen molar-refractivity contribution >= 4 is 6.09 Å². The molecule has 1 fully saturated rings. The number of rotatable bonds is 4. The van der Waals surface area contributed by atoms with Gasteiger partial charge in [0.15, 0.2) is 0 Å². The van der Waals surface area contributed by atoms with Gasteiger partial charge in [-0.05, 0) is 37.6 Å². The maximum absolute atomic E-state index is 11.6. The van der Waals surface area contributed by atoms with Gasteiger partial charge in [-0.15, -0.1) is 0 Å². The van der Waals surface area contributed by atoms with Crippen molar-refractivity contribution in [3.05, 3.63) is 0 Å². The number of amides is 1. The Morgan fingerprint density at radius 1 is 1.44 bits per heavy atom. The molecule has 0 spiro atoms. The summed E-state index contributed by atoms with van der Waals surface area (Å²) in [6.07, 6.45) is 3.05. The van der Waals surface area contributed by atoms with Crippen LogP contribution in [-0.4, -0.2) is 37.2 Å². The van der Waals surface area contributed by atoms with Gasteiger partial charge in [0.05, 0.1) is 6.61 Å². The number of piperidine rings is 1. The van der Waals surface area contributed by atoms with Crippen molar-refractivity contribution in [2.75, 3.05) is 26.2 Å². The molecule has 0 unspecified atom stereocenters. The Morgan fingerprint density at radius 3 is 2.56 bits per heavy atom. The lowest BCUT2D eigenvalue weighted by Crippen LogP contribution is -2.39. The molecular weight excluding hydrogens is 204 g/mol. The monoisotopic (exact) mass is 228 g/mol. The number of nitrogens with zero attached hydrogens (tertiary/aromatic N) is 1. The minimum atomic E-state index is -0.153. The molecule has 4 heteroatoms. The number of hydrogen-bond donors (Lipinski definition) is 1. The summed E-state index contributed by atoms with van der Waals surface area (Å²) in [6.45, 7) is 6.99. The lowest BCUT2D eigenvalue weighted by atomic mass is 9.94.